The highest BCUT2D eigenvalue weighted by Crippen LogP contribution is 2.32. The van der Waals surface area contributed by atoms with Gasteiger partial charge in [0.05, 0.1) is 12.6 Å². The van der Waals surface area contributed by atoms with E-state index in [1.807, 2.05) is 37.3 Å². The SMILES string of the molecule is COc1cccnc1C(C)(N)c1ccccc1C. The Morgan fingerprint density at radius 3 is 2.56 bits per heavy atom. The second-order valence-corrected chi connectivity index (χ2v) is 4.57. The van der Waals surface area contributed by atoms with Crippen molar-refractivity contribution in [3.63, 3.8) is 0 Å². The van der Waals surface area contributed by atoms with Crippen LogP contribution in [0, 0.1) is 6.92 Å². The molecule has 0 saturated heterocycles. The monoisotopic (exact) mass is 242 g/mol. The summed E-state index contributed by atoms with van der Waals surface area (Å²) in [5, 5.41) is 0. The Morgan fingerprint density at radius 1 is 1.17 bits per heavy atom. The van der Waals surface area contributed by atoms with Crippen LogP contribution in [0.25, 0.3) is 0 Å². The van der Waals surface area contributed by atoms with Crippen LogP contribution in [0.2, 0.25) is 0 Å². The topological polar surface area (TPSA) is 48.1 Å². The molecular formula is C15H18N2O. The molecule has 0 spiro atoms. The fourth-order valence-corrected chi connectivity index (χ4v) is 2.23. The number of aromatic nitrogens is 1. The van der Waals surface area contributed by atoms with E-state index < -0.39 is 5.54 Å². The van der Waals surface area contributed by atoms with Crippen molar-refractivity contribution < 1.29 is 4.74 Å². The van der Waals surface area contributed by atoms with Crippen molar-refractivity contribution in [3.8, 4) is 5.75 Å². The Bertz CT molecular complexity index is 550. The van der Waals surface area contributed by atoms with Gasteiger partial charge in [-0.15, -0.1) is 0 Å². The largest absolute Gasteiger partial charge is 0.495 e. The zero-order valence-electron chi connectivity index (χ0n) is 11.0. The lowest BCUT2D eigenvalue weighted by atomic mass is 9.86. The molecule has 1 heterocycles. The van der Waals surface area contributed by atoms with E-state index >= 15 is 0 Å². The van der Waals surface area contributed by atoms with E-state index in [9.17, 15) is 0 Å². The number of nitrogens with zero attached hydrogens (tertiary/aromatic N) is 1. The van der Waals surface area contributed by atoms with Gasteiger partial charge >= 0.3 is 0 Å². The molecule has 0 saturated carbocycles. The number of benzene rings is 1. The Morgan fingerprint density at radius 2 is 1.89 bits per heavy atom. The molecule has 1 unspecified atom stereocenters. The van der Waals surface area contributed by atoms with Crippen molar-refractivity contribution in [2.75, 3.05) is 7.11 Å². The summed E-state index contributed by atoms with van der Waals surface area (Å²) in [4.78, 5) is 4.39. The van der Waals surface area contributed by atoms with E-state index in [0.29, 0.717) is 5.75 Å². The molecule has 0 amide bonds. The first-order valence-electron chi connectivity index (χ1n) is 5.92. The predicted molar refractivity (Wildman–Crippen MR) is 72.6 cm³/mol. The highest BCUT2D eigenvalue weighted by atomic mass is 16.5. The zero-order chi connectivity index (χ0) is 13.2. The van der Waals surface area contributed by atoms with E-state index in [2.05, 4.69) is 18.0 Å². The van der Waals surface area contributed by atoms with Gasteiger partial charge in [0, 0.05) is 6.20 Å². The highest BCUT2D eigenvalue weighted by molar-refractivity contribution is 5.44. The molecule has 1 aromatic carbocycles. The molecule has 3 heteroatoms. The van der Waals surface area contributed by atoms with Gasteiger partial charge in [-0.25, -0.2) is 0 Å². The average molecular weight is 242 g/mol. The molecule has 2 rings (SSSR count). The Kier molecular flexibility index (Phi) is 3.34. The lowest BCUT2D eigenvalue weighted by molar-refractivity contribution is 0.393. The average Bonchev–Trinajstić information content (AvgIpc) is 2.39. The number of aryl methyl sites for hydroxylation is 1. The van der Waals surface area contributed by atoms with Crippen LogP contribution in [-0.4, -0.2) is 12.1 Å². The normalized spacial score (nSPS) is 14.0. The van der Waals surface area contributed by atoms with Crippen LogP contribution < -0.4 is 10.5 Å². The molecule has 94 valence electrons. The van der Waals surface area contributed by atoms with Gasteiger partial charge in [0.25, 0.3) is 0 Å². The summed E-state index contributed by atoms with van der Waals surface area (Å²) < 4.78 is 5.35. The van der Waals surface area contributed by atoms with Crippen LogP contribution in [0.1, 0.15) is 23.7 Å². The summed E-state index contributed by atoms with van der Waals surface area (Å²) in [5.74, 6) is 0.714. The van der Waals surface area contributed by atoms with Gasteiger partial charge in [-0.2, -0.15) is 0 Å². The summed E-state index contributed by atoms with van der Waals surface area (Å²) in [6.07, 6.45) is 1.74. The van der Waals surface area contributed by atoms with Crippen LogP contribution in [0.5, 0.6) is 5.75 Å². The van der Waals surface area contributed by atoms with E-state index in [4.69, 9.17) is 10.5 Å². The van der Waals surface area contributed by atoms with E-state index in [0.717, 1.165) is 16.8 Å². The number of methoxy groups -OCH3 is 1. The second-order valence-electron chi connectivity index (χ2n) is 4.57. The Labute approximate surface area is 108 Å². The smallest absolute Gasteiger partial charge is 0.142 e. The summed E-state index contributed by atoms with van der Waals surface area (Å²) in [6, 6.07) is 11.8. The Hall–Kier alpha value is -1.87. The van der Waals surface area contributed by atoms with E-state index in [1.165, 1.54) is 0 Å². The van der Waals surface area contributed by atoms with E-state index in [1.54, 1.807) is 13.3 Å². The van der Waals surface area contributed by atoms with Crippen molar-refractivity contribution in [2.45, 2.75) is 19.4 Å². The molecule has 0 aliphatic carbocycles. The number of nitrogens with two attached hydrogens (primary N) is 1. The Balaban J connectivity index is 2.58. The molecule has 3 nitrogen and oxygen atoms in total. The fraction of sp³-hybridized carbons (Fsp3) is 0.267. The van der Waals surface area contributed by atoms with Gasteiger partial charge in [0.2, 0.25) is 0 Å². The van der Waals surface area contributed by atoms with Crippen LogP contribution in [0.4, 0.5) is 0 Å². The lowest BCUT2D eigenvalue weighted by Gasteiger charge is -2.27. The predicted octanol–water partition coefficient (Wildman–Crippen LogP) is 2.62. The van der Waals surface area contributed by atoms with Crippen LogP contribution in [-0.2, 0) is 5.54 Å². The number of hydrogen-bond acceptors (Lipinski definition) is 3. The van der Waals surface area contributed by atoms with E-state index in [-0.39, 0.29) is 0 Å². The maximum Gasteiger partial charge on any atom is 0.142 e. The number of ether oxygens (including phenoxy) is 1. The third-order valence-corrected chi connectivity index (χ3v) is 3.19. The van der Waals surface area contributed by atoms with Crippen molar-refractivity contribution in [1.82, 2.24) is 4.98 Å². The minimum atomic E-state index is -0.669. The summed E-state index contributed by atoms with van der Waals surface area (Å²) >= 11 is 0. The maximum atomic E-state index is 6.49. The van der Waals surface area contributed by atoms with Gasteiger partial charge in [0.15, 0.2) is 0 Å². The van der Waals surface area contributed by atoms with Crippen molar-refractivity contribution in [1.29, 1.82) is 0 Å². The molecule has 0 aliphatic rings. The number of hydrogen-bond donors (Lipinski definition) is 1. The molecule has 18 heavy (non-hydrogen) atoms. The molecule has 0 fully saturated rings. The van der Waals surface area contributed by atoms with Gasteiger partial charge in [-0.1, -0.05) is 24.3 Å². The second kappa shape index (κ2) is 4.78. The third kappa shape index (κ3) is 2.09. The molecule has 0 bridgehead atoms. The quantitative estimate of drug-likeness (QED) is 0.900. The third-order valence-electron chi connectivity index (χ3n) is 3.19. The minimum absolute atomic E-state index is 0.669. The van der Waals surface area contributed by atoms with Gasteiger partial charge in [-0.05, 0) is 37.1 Å². The van der Waals surface area contributed by atoms with Crippen molar-refractivity contribution in [2.24, 2.45) is 5.73 Å². The first kappa shape index (κ1) is 12.6. The van der Waals surface area contributed by atoms with Gasteiger partial charge in [-0.3, -0.25) is 4.98 Å². The summed E-state index contributed by atoms with van der Waals surface area (Å²) in [6.45, 7) is 4.01. The number of rotatable bonds is 3. The first-order chi connectivity index (χ1) is 8.57. The van der Waals surface area contributed by atoms with Crippen LogP contribution in [0.3, 0.4) is 0 Å². The highest BCUT2D eigenvalue weighted by Gasteiger charge is 2.29. The molecule has 0 radical (unpaired) electrons. The molecule has 1 atom stereocenters. The molecule has 1 aromatic heterocycles. The summed E-state index contributed by atoms with van der Waals surface area (Å²) in [5.41, 5.74) is 8.78. The van der Waals surface area contributed by atoms with Crippen molar-refractivity contribution in [3.05, 3.63) is 59.4 Å². The molecule has 0 aliphatic heterocycles. The summed E-state index contributed by atoms with van der Waals surface area (Å²) in [7, 11) is 1.63. The first-order valence-corrected chi connectivity index (χ1v) is 5.92. The van der Waals surface area contributed by atoms with Gasteiger partial charge < -0.3 is 10.5 Å². The maximum absolute atomic E-state index is 6.49. The lowest BCUT2D eigenvalue weighted by Crippen LogP contribution is -2.36. The fourth-order valence-electron chi connectivity index (χ4n) is 2.23. The molecular weight excluding hydrogens is 224 g/mol. The standard InChI is InChI=1S/C15H18N2O/c1-11-7-4-5-8-12(11)15(2,16)14-13(18-3)9-6-10-17-14/h4-10H,16H2,1-3H3. The number of pyridine rings is 1. The van der Waals surface area contributed by atoms with Crippen LogP contribution >= 0.6 is 0 Å². The minimum Gasteiger partial charge on any atom is -0.495 e. The van der Waals surface area contributed by atoms with Gasteiger partial charge in [0.1, 0.15) is 11.4 Å². The molecule has 2 N–H and O–H groups in total. The van der Waals surface area contributed by atoms with Crippen molar-refractivity contribution >= 4 is 0 Å². The molecule has 2 aromatic rings. The zero-order valence-corrected chi connectivity index (χ0v) is 11.0. The van der Waals surface area contributed by atoms with Crippen LogP contribution in [0.15, 0.2) is 42.6 Å².